The number of nitrogens with zero attached hydrogens (tertiary/aromatic N) is 2. The highest BCUT2D eigenvalue weighted by atomic mass is 16.5. The van der Waals surface area contributed by atoms with Crippen molar-refractivity contribution in [3.05, 3.63) is 71.6 Å². The zero-order chi connectivity index (χ0) is 19.2. The van der Waals surface area contributed by atoms with Crippen molar-refractivity contribution in [1.29, 1.82) is 0 Å². The first-order valence-electron chi connectivity index (χ1n) is 8.17. The Kier molecular flexibility index (Phi) is 5.46. The van der Waals surface area contributed by atoms with Crippen LogP contribution in [0.15, 0.2) is 53.1 Å². The van der Waals surface area contributed by atoms with E-state index in [1.807, 2.05) is 0 Å². The Morgan fingerprint density at radius 2 is 1.96 bits per heavy atom. The van der Waals surface area contributed by atoms with E-state index in [4.69, 9.17) is 9.15 Å². The van der Waals surface area contributed by atoms with Gasteiger partial charge < -0.3 is 19.8 Å². The van der Waals surface area contributed by atoms with Crippen LogP contribution in [0.1, 0.15) is 32.4 Å². The SMILES string of the molecule is COC(=O)c1ccccc1Nc1cc(C(=O)NCc2ccco2)nc(C)n1. The van der Waals surface area contributed by atoms with Crippen LogP contribution < -0.4 is 10.6 Å². The van der Waals surface area contributed by atoms with Gasteiger partial charge in [-0.25, -0.2) is 14.8 Å². The molecule has 1 amide bonds. The molecule has 0 radical (unpaired) electrons. The summed E-state index contributed by atoms with van der Waals surface area (Å²) < 4.78 is 9.97. The number of rotatable bonds is 6. The summed E-state index contributed by atoms with van der Waals surface area (Å²) in [6.45, 7) is 1.93. The topological polar surface area (TPSA) is 106 Å². The Morgan fingerprint density at radius 1 is 1.15 bits per heavy atom. The summed E-state index contributed by atoms with van der Waals surface area (Å²) in [5.41, 5.74) is 1.08. The van der Waals surface area contributed by atoms with Gasteiger partial charge in [0.2, 0.25) is 0 Å². The van der Waals surface area contributed by atoms with E-state index in [0.717, 1.165) is 0 Å². The summed E-state index contributed by atoms with van der Waals surface area (Å²) in [6, 6.07) is 11.9. The summed E-state index contributed by atoms with van der Waals surface area (Å²) in [5.74, 6) is 0.613. The normalized spacial score (nSPS) is 10.3. The molecule has 2 aromatic heterocycles. The third-order valence-corrected chi connectivity index (χ3v) is 3.67. The molecule has 0 aliphatic carbocycles. The zero-order valence-electron chi connectivity index (χ0n) is 14.9. The molecule has 0 fully saturated rings. The average Bonchev–Trinajstić information content (AvgIpc) is 3.19. The first kappa shape index (κ1) is 18.1. The predicted octanol–water partition coefficient (Wildman–Crippen LogP) is 2.84. The Morgan fingerprint density at radius 3 is 2.70 bits per heavy atom. The van der Waals surface area contributed by atoms with Gasteiger partial charge in [0, 0.05) is 6.07 Å². The zero-order valence-corrected chi connectivity index (χ0v) is 14.9. The van der Waals surface area contributed by atoms with Crippen molar-refractivity contribution in [2.24, 2.45) is 0 Å². The molecule has 0 saturated heterocycles. The number of aromatic nitrogens is 2. The molecule has 0 aliphatic heterocycles. The molecule has 0 unspecified atom stereocenters. The molecule has 3 rings (SSSR count). The molecule has 3 aromatic rings. The summed E-state index contributed by atoms with van der Waals surface area (Å²) >= 11 is 0. The first-order chi connectivity index (χ1) is 13.1. The van der Waals surface area contributed by atoms with Crippen LogP contribution in [0.3, 0.4) is 0 Å². The van der Waals surface area contributed by atoms with Gasteiger partial charge in [0.1, 0.15) is 23.1 Å². The fourth-order valence-electron chi connectivity index (χ4n) is 2.44. The Labute approximate surface area is 155 Å². The van der Waals surface area contributed by atoms with Gasteiger partial charge >= 0.3 is 5.97 Å². The van der Waals surface area contributed by atoms with E-state index in [1.165, 1.54) is 19.4 Å². The van der Waals surface area contributed by atoms with E-state index in [0.29, 0.717) is 28.7 Å². The lowest BCUT2D eigenvalue weighted by Crippen LogP contribution is -2.24. The van der Waals surface area contributed by atoms with Crippen molar-refractivity contribution in [2.75, 3.05) is 12.4 Å². The van der Waals surface area contributed by atoms with E-state index in [9.17, 15) is 9.59 Å². The highest BCUT2D eigenvalue weighted by molar-refractivity contribution is 5.97. The number of furan rings is 1. The van der Waals surface area contributed by atoms with Crippen LogP contribution >= 0.6 is 0 Å². The second kappa shape index (κ2) is 8.13. The minimum Gasteiger partial charge on any atom is -0.467 e. The van der Waals surface area contributed by atoms with Gasteiger partial charge in [-0.15, -0.1) is 0 Å². The van der Waals surface area contributed by atoms with Crippen molar-refractivity contribution < 1.29 is 18.7 Å². The molecular formula is C19H18N4O4. The molecular weight excluding hydrogens is 348 g/mol. The van der Waals surface area contributed by atoms with Gasteiger partial charge in [-0.05, 0) is 31.2 Å². The average molecular weight is 366 g/mol. The molecule has 2 N–H and O–H groups in total. The van der Waals surface area contributed by atoms with Crippen LogP contribution in [0.2, 0.25) is 0 Å². The van der Waals surface area contributed by atoms with E-state index >= 15 is 0 Å². The number of aryl methyl sites for hydroxylation is 1. The quantitative estimate of drug-likeness (QED) is 0.646. The number of benzene rings is 1. The molecule has 0 bridgehead atoms. The molecule has 0 spiro atoms. The summed E-state index contributed by atoms with van der Waals surface area (Å²) in [7, 11) is 1.31. The maximum absolute atomic E-state index is 12.4. The lowest BCUT2D eigenvalue weighted by Gasteiger charge is -2.11. The van der Waals surface area contributed by atoms with Crippen molar-refractivity contribution in [2.45, 2.75) is 13.5 Å². The number of hydrogen-bond donors (Lipinski definition) is 2. The second-order valence-electron chi connectivity index (χ2n) is 5.61. The Balaban J connectivity index is 1.79. The summed E-state index contributed by atoms with van der Waals surface area (Å²) in [6.07, 6.45) is 1.54. The Hall–Kier alpha value is -3.68. The number of amides is 1. The molecule has 0 aliphatic rings. The number of esters is 1. The number of para-hydroxylation sites is 1. The third-order valence-electron chi connectivity index (χ3n) is 3.67. The van der Waals surface area contributed by atoms with Crippen LogP contribution in [-0.2, 0) is 11.3 Å². The maximum Gasteiger partial charge on any atom is 0.339 e. The molecule has 0 saturated carbocycles. The molecule has 0 atom stereocenters. The van der Waals surface area contributed by atoms with Crippen molar-refractivity contribution in [3.63, 3.8) is 0 Å². The number of carbonyl (C=O) groups excluding carboxylic acids is 2. The van der Waals surface area contributed by atoms with Crippen molar-refractivity contribution >= 4 is 23.4 Å². The third kappa shape index (κ3) is 4.49. The summed E-state index contributed by atoms with van der Waals surface area (Å²) in [4.78, 5) is 32.7. The summed E-state index contributed by atoms with van der Waals surface area (Å²) in [5, 5.41) is 5.78. The Bertz CT molecular complexity index is 954. The minimum atomic E-state index is -0.472. The minimum absolute atomic E-state index is 0.201. The molecule has 8 nitrogen and oxygen atoms in total. The number of ether oxygens (including phenoxy) is 1. The smallest absolute Gasteiger partial charge is 0.339 e. The number of hydrogen-bond acceptors (Lipinski definition) is 7. The fraction of sp³-hybridized carbons (Fsp3) is 0.158. The largest absolute Gasteiger partial charge is 0.467 e. The van der Waals surface area contributed by atoms with Crippen LogP contribution in [0.5, 0.6) is 0 Å². The molecule has 2 heterocycles. The monoisotopic (exact) mass is 366 g/mol. The highest BCUT2D eigenvalue weighted by Gasteiger charge is 2.14. The van der Waals surface area contributed by atoms with E-state index in [-0.39, 0.29) is 18.1 Å². The fourth-order valence-corrected chi connectivity index (χ4v) is 2.44. The lowest BCUT2D eigenvalue weighted by atomic mass is 10.2. The van der Waals surface area contributed by atoms with Gasteiger partial charge in [0.05, 0.1) is 31.2 Å². The maximum atomic E-state index is 12.4. The van der Waals surface area contributed by atoms with Crippen molar-refractivity contribution in [1.82, 2.24) is 15.3 Å². The van der Waals surface area contributed by atoms with E-state index in [2.05, 4.69) is 20.6 Å². The van der Waals surface area contributed by atoms with Crippen LogP contribution in [-0.4, -0.2) is 29.0 Å². The number of nitrogens with one attached hydrogen (secondary N) is 2. The number of anilines is 2. The van der Waals surface area contributed by atoms with E-state index < -0.39 is 5.97 Å². The van der Waals surface area contributed by atoms with Gasteiger partial charge in [0.15, 0.2) is 0 Å². The highest BCUT2D eigenvalue weighted by Crippen LogP contribution is 2.21. The van der Waals surface area contributed by atoms with Crippen LogP contribution in [0.25, 0.3) is 0 Å². The molecule has 27 heavy (non-hydrogen) atoms. The first-order valence-corrected chi connectivity index (χ1v) is 8.17. The predicted molar refractivity (Wildman–Crippen MR) is 97.7 cm³/mol. The number of carbonyl (C=O) groups is 2. The molecule has 1 aromatic carbocycles. The van der Waals surface area contributed by atoms with Crippen LogP contribution in [0, 0.1) is 6.92 Å². The van der Waals surface area contributed by atoms with Gasteiger partial charge in [-0.3, -0.25) is 4.79 Å². The number of methoxy groups -OCH3 is 1. The van der Waals surface area contributed by atoms with Gasteiger partial charge in [-0.1, -0.05) is 12.1 Å². The van der Waals surface area contributed by atoms with Crippen LogP contribution in [0.4, 0.5) is 11.5 Å². The van der Waals surface area contributed by atoms with Crippen molar-refractivity contribution in [3.8, 4) is 0 Å². The van der Waals surface area contributed by atoms with Gasteiger partial charge in [-0.2, -0.15) is 0 Å². The second-order valence-corrected chi connectivity index (χ2v) is 5.61. The lowest BCUT2D eigenvalue weighted by molar-refractivity contribution is 0.0601. The standard InChI is InChI=1S/C19H18N4O4/c1-12-21-16(18(24)20-11-13-6-5-9-27-13)10-17(22-12)23-15-8-4-3-7-14(15)19(25)26-2/h3-10H,11H2,1-2H3,(H,20,24)(H,21,22,23). The van der Waals surface area contributed by atoms with E-state index in [1.54, 1.807) is 43.3 Å². The molecule has 8 heteroatoms. The van der Waals surface area contributed by atoms with Gasteiger partial charge in [0.25, 0.3) is 5.91 Å². The molecule has 138 valence electrons.